The number of likely N-dealkylation sites (tertiary alicyclic amines) is 1. The van der Waals surface area contributed by atoms with Crippen LogP contribution in [-0.2, 0) is 23.3 Å². The highest BCUT2D eigenvalue weighted by Gasteiger charge is 2.48. The van der Waals surface area contributed by atoms with E-state index < -0.39 is 17.2 Å². The zero-order valence-electron chi connectivity index (χ0n) is 15.5. The molecule has 0 unspecified atom stereocenters. The summed E-state index contributed by atoms with van der Waals surface area (Å²) in [5, 5.41) is 0. The van der Waals surface area contributed by atoms with Gasteiger partial charge in [-0.25, -0.2) is 13.8 Å². The Hall–Kier alpha value is -2.28. The molecule has 3 heterocycles. The van der Waals surface area contributed by atoms with Gasteiger partial charge in [-0.15, -0.1) is 0 Å². The highest BCUT2D eigenvalue weighted by molar-refractivity contribution is 5.77. The predicted molar refractivity (Wildman–Crippen MR) is 96.8 cm³/mol. The van der Waals surface area contributed by atoms with Crippen molar-refractivity contribution in [1.29, 1.82) is 0 Å². The van der Waals surface area contributed by atoms with Gasteiger partial charge in [0, 0.05) is 50.3 Å². The smallest absolute Gasteiger partial charge is 0.223 e. The Morgan fingerprint density at radius 3 is 2.78 bits per heavy atom. The van der Waals surface area contributed by atoms with Gasteiger partial charge in [-0.05, 0) is 18.9 Å². The maximum atomic E-state index is 14.0. The number of nitrogens with one attached hydrogen (secondary N) is 1. The molecule has 1 N–H and O–H groups in total. The molecule has 1 fully saturated rings. The van der Waals surface area contributed by atoms with Crippen molar-refractivity contribution in [3.05, 3.63) is 53.1 Å². The van der Waals surface area contributed by atoms with Crippen LogP contribution in [0.15, 0.2) is 24.5 Å². The maximum absolute atomic E-state index is 14.0. The number of carbonyl (C=O) groups is 1. The fraction of sp³-hybridized carbons (Fsp3) is 0.500. The number of carbonyl (C=O) groups excluding carboxylic acids is 1. The molecule has 27 heavy (non-hydrogen) atoms. The lowest BCUT2D eigenvalue weighted by Gasteiger charge is -2.50. The Balaban J connectivity index is 1.55. The van der Waals surface area contributed by atoms with Crippen molar-refractivity contribution in [3.8, 4) is 0 Å². The minimum Gasteiger partial charge on any atom is -0.348 e. The van der Waals surface area contributed by atoms with Gasteiger partial charge in [0.25, 0.3) is 0 Å². The van der Waals surface area contributed by atoms with Gasteiger partial charge in [-0.3, -0.25) is 9.69 Å². The lowest BCUT2D eigenvalue weighted by molar-refractivity contribution is -0.141. The fourth-order valence-corrected chi connectivity index (χ4v) is 4.53. The van der Waals surface area contributed by atoms with Crippen molar-refractivity contribution in [2.45, 2.75) is 44.7 Å². The van der Waals surface area contributed by atoms with E-state index in [9.17, 15) is 13.6 Å². The molecule has 0 bridgehead atoms. The molecular weight excluding hydrogens is 350 g/mol. The summed E-state index contributed by atoms with van der Waals surface area (Å²) in [4.78, 5) is 24.5. The molecular formula is C20H24F2N4O. The number of piperidine rings is 1. The van der Waals surface area contributed by atoms with E-state index >= 15 is 0 Å². The van der Waals surface area contributed by atoms with Crippen LogP contribution in [0.25, 0.3) is 0 Å². The Bertz CT molecular complexity index is 842. The molecule has 0 aliphatic carbocycles. The normalized spacial score (nSPS) is 19.3. The summed E-state index contributed by atoms with van der Waals surface area (Å²) in [5.41, 5.74) is 2.07. The maximum Gasteiger partial charge on any atom is 0.223 e. The largest absolute Gasteiger partial charge is 0.348 e. The quantitative estimate of drug-likeness (QED) is 0.899. The molecule has 5 nitrogen and oxygen atoms in total. The summed E-state index contributed by atoms with van der Waals surface area (Å²) in [6.45, 7) is 4.36. The topological polar surface area (TPSA) is 52.2 Å². The number of nitrogens with zero attached hydrogens (tertiary/aromatic N) is 3. The van der Waals surface area contributed by atoms with Crippen molar-refractivity contribution in [2.75, 3.05) is 19.6 Å². The lowest BCUT2D eigenvalue weighted by atomic mass is 9.78. The number of imidazole rings is 1. The van der Waals surface area contributed by atoms with Gasteiger partial charge in [0.05, 0.1) is 17.6 Å². The molecule has 2 aliphatic heterocycles. The van der Waals surface area contributed by atoms with Crippen LogP contribution >= 0.6 is 0 Å². The molecule has 0 atom stereocenters. The monoisotopic (exact) mass is 374 g/mol. The molecule has 0 radical (unpaired) electrons. The second-order valence-electron chi connectivity index (χ2n) is 7.40. The summed E-state index contributed by atoms with van der Waals surface area (Å²) < 4.78 is 27.5. The molecule has 2 aromatic rings. The number of hydrogen-bond acceptors (Lipinski definition) is 3. The lowest BCUT2D eigenvalue weighted by Crippen LogP contribution is -2.58. The first-order valence-corrected chi connectivity index (χ1v) is 9.53. The minimum absolute atomic E-state index is 0.147. The highest BCUT2D eigenvalue weighted by atomic mass is 19.2. The van der Waals surface area contributed by atoms with Crippen molar-refractivity contribution in [3.63, 3.8) is 0 Å². The fourth-order valence-electron chi connectivity index (χ4n) is 4.53. The molecule has 1 aromatic heterocycles. The van der Waals surface area contributed by atoms with Crippen LogP contribution in [0.2, 0.25) is 0 Å². The van der Waals surface area contributed by atoms with Gasteiger partial charge in [-0.1, -0.05) is 19.1 Å². The first-order chi connectivity index (χ1) is 13.0. The Labute approximate surface area is 157 Å². The van der Waals surface area contributed by atoms with E-state index in [1.807, 2.05) is 11.8 Å². The van der Waals surface area contributed by atoms with Gasteiger partial charge in [0.2, 0.25) is 5.91 Å². The average Bonchev–Trinajstić information content (AvgIpc) is 3.17. The molecule has 0 saturated carbocycles. The van der Waals surface area contributed by atoms with Crippen molar-refractivity contribution < 1.29 is 13.6 Å². The Morgan fingerprint density at radius 2 is 2.04 bits per heavy atom. The number of fused-ring (bicyclic) bond motifs is 2. The summed E-state index contributed by atoms with van der Waals surface area (Å²) in [5.74, 6) is -1.43. The second kappa shape index (κ2) is 7.03. The Kier molecular flexibility index (Phi) is 4.72. The number of H-pyrrole nitrogens is 1. The second-order valence-corrected chi connectivity index (χ2v) is 7.40. The van der Waals surface area contributed by atoms with Gasteiger partial charge in [-0.2, -0.15) is 0 Å². The predicted octanol–water partition coefficient (Wildman–Crippen LogP) is 2.97. The minimum atomic E-state index is -0.811. The summed E-state index contributed by atoms with van der Waals surface area (Å²) >= 11 is 0. The number of aromatic amines is 1. The molecule has 1 aromatic carbocycles. The average molecular weight is 374 g/mol. The highest BCUT2D eigenvalue weighted by Crippen LogP contribution is 2.42. The number of hydrogen-bond donors (Lipinski definition) is 1. The van der Waals surface area contributed by atoms with Crippen molar-refractivity contribution in [1.82, 2.24) is 19.8 Å². The van der Waals surface area contributed by atoms with Crippen molar-refractivity contribution in [2.24, 2.45) is 0 Å². The van der Waals surface area contributed by atoms with Gasteiger partial charge in [0.1, 0.15) is 0 Å². The molecule has 4 rings (SSSR count). The van der Waals surface area contributed by atoms with E-state index in [-0.39, 0.29) is 5.91 Å². The number of rotatable bonds is 3. The van der Waals surface area contributed by atoms with E-state index in [2.05, 4.69) is 14.9 Å². The van der Waals surface area contributed by atoms with Crippen LogP contribution < -0.4 is 0 Å². The van der Waals surface area contributed by atoms with Gasteiger partial charge >= 0.3 is 0 Å². The van der Waals surface area contributed by atoms with Crippen LogP contribution in [0.1, 0.15) is 43.1 Å². The first-order valence-electron chi connectivity index (χ1n) is 9.53. The number of amides is 1. The number of benzene rings is 1. The third-order valence-electron chi connectivity index (χ3n) is 5.97. The van der Waals surface area contributed by atoms with E-state index in [1.54, 1.807) is 12.4 Å². The van der Waals surface area contributed by atoms with E-state index in [1.165, 1.54) is 6.07 Å². The van der Waals surface area contributed by atoms with E-state index in [0.717, 1.165) is 36.7 Å². The SMILES string of the molecule is CCC(=O)N1CCc2[nH]cnc2C12CCN(Cc1cccc(F)c1F)CC2. The first kappa shape index (κ1) is 18.1. The number of aromatic nitrogens is 2. The molecule has 7 heteroatoms. The van der Waals surface area contributed by atoms with E-state index in [4.69, 9.17) is 0 Å². The molecule has 144 valence electrons. The van der Waals surface area contributed by atoms with Crippen LogP contribution in [0.5, 0.6) is 0 Å². The Morgan fingerprint density at radius 1 is 1.26 bits per heavy atom. The van der Waals surface area contributed by atoms with Crippen LogP contribution in [0.4, 0.5) is 8.78 Å². The summed E-state index contributed by atoms with van der Waals surface area (Å²) in [6, 6.07) is 4.31. The van der Waals surface area contributed by atoms with Gasteiger partial charge in [0.15, 0.2) is 11.6 Å². The number of halogens is 2. The third kappa shape index (κ3) is 3.04. The zero-order valence-corrected chi connectivity index (χ0v) is 15.5. The van der Waals surface area contributed by atoms with Crippen molar-refractivity contribution >= 4 is 5.91 Å². The van der Waals surface area contributed by atoms with Crippen LogP contribution in [0, 0.1) is 11.6 Å². The zero-order chi connectivity index (χ0) is 19.0. The van der Waals surface area contributed by atoms with Crippen LogP contribution in [0.3, 0.4) is 0 Å². The molecule has 2 aliphatic rings. The summed E-state index contributed by atoms with van der Waals surface area (Å²) in [6.07, 6.45) is 4.46. The van der Waals surface area contributed by atoms with E-state index in [0.29, 0.717) is 38.2 Å². The third-order valence-corrected chi connectivity index (χ3v) is 5.97. The standard InChI is InChI=1S/C20H24F2N4O/c1-2-17(27)26-9-6-16-19(24-13-23-16)20(26)7-10-25(11-8-20)12-14-4-3-5-15(21)18(14)22/h3-5,13H,2,6-12H2,1H3,(H,23,24). The molecule has 1 amide bonds. The van der Waals surface area contributed by atoms with Gasteiger partial charge < -0.3 is 9.88 Å². The molecule has 1 saturated heterocycles. The molecule has 1 spiro atoms. The van der Waals surface area contributed by atoms with Crippen LogP contribution in [-0.4, -0.2) is 45.3 Å². The summed E-state index contributed by atoms with van der Waals surface area (Å²) in [7, 11) is 0.